The molecule has 2 amide bonds. The fraction of sp³-hybridized carbons (Fsp3) is 0.130. The van der Waals surface area contributed by atoms with Gasteiger partial charge in [-0.25, -0.2) is 9.96 Å². The van der Waals surface area contributed by atoms with Crippen LogP contribution in [0.2, 0.25) is 0 Å². The van der Waals surface area contributed by atoms with E-state index in [1.807, 2.05) is 30.3 Å². The zero-order valence-electron chi connectivity index (χ0n) is 16.5. The lowest BCUT2D eigenvalue weighted by atomic mass is 9.90. The standard InChI is InChI=1S/C23H16BrN3O5/c24-15-9-11-16(12-10-15)25-22(28)19-20(14-5-2-1-3-6-14)26(32-21(19)23(25)29)17-7-4-8-18(13-17)27(30)31/h1-13,19-21H/t19-,20-,21+/m0/s1. The second-order valence-electron chi connectivity index (χ2n) is 7.50. The Bertz CT molecular complexity index is 1220. The molecule has 0 N–H and O–H groups in total. The molecule has 0 aliphatic carbocycles. The second-order valence-corrected chi connectivity index (χ2v) is 8.41. The highest BCUT2D eigenvalue weighted by atomic mass is 79.9. The normalized spacial score (nSPS) is 22.3. The highest BCUT2D eigenvalue weighted by Crippen LogP contribution is 2.47. The van der Waals surface area contributed by atoms with Crippen molar-refractivity contribution >= 4 is 44.8 Å². The van der Waals surface area contributed by atoms with Crippen LogP contribution in [-0.2, 0) is 14.4 Å². The average Bonchev–Trinajstić information content (AvgIpc) is 3.31. The summed E-state index contributed by atoms with van der Waals surface area (Å²) in [6, 6.07) is 21.4. The van der Waals surface area contributed by atoms with Crippen molar-refractivity contribution in [2.75, 3.05) is 9.96 Å². The fourth-order valence-corrected chi connectivity index (χ4v) is 4.48. The van der Waals surface area contributed by atoms with E-state index in [0.717, 1.165) is 14.9 Å². The summed E-state index contributed by atoms with van der Waals surface area (Å²) in [5.74, 6) is -1.63. The molecule has 160 valence electrons. The highest BCUT2D eigenvalue weighted by molar-refractivity contribution is 9.10. The number of amides is 2. The molecule has 8 nitrogen and oxygen atoms in total. The van der Waals surface area contributed by atoms with Gasteiger partial charge < -0.3 is 0 Å². The van der Waals surface area contributed by atoms with Crippen molar-refractivity contribution in [3.05, 3.63) is 99.0 Å². The first-order chi connectivity index (χ1) is 15.5. The van der Waals surface area contributed by atoms with Gasteiger partial charge in [0.1, 0.15) is 5.92 Å². The van der Waals surface area contributed by atoms with Gasteiger partial charge in [0.25, 0.3) is 11.6 Å². The smallest absolute Gasteiger partial charge is 0.271 e. The van der Waals surface area contributed by atoms with Crippen LogP contribution in [0.15, 0.2) is 83.3 Å². The van der Waals surface area contributed by atoms with Gasteiger partial charge in [-0.1, -0.05) is 52.3 Å². The Morgan fingerprint density at radius 2 is 1.59 bits per heavy atom. The first-order valence-electron chi connectivity index (χ1n) is 9.84. The van der Waals surface area contributed by atoms with Gasteiger partial charge in [0, 0.05) is 16.6 Å². The van der Waals surface area contributed by atoms with Gasteiger partial charge >= 0.3 is 0 Å². The molecule has 0 radical (unpaired) electrons. The molecular weight excluding hydrogens is 478 g/mol. The molecule has 2 aliphatic heterocycles. The molecule has 0 saturated carbocycles. The third kappa shape index (κ3) is 3.26. The quantitative estimate of drug-likeness (QED) is 0.303. The van der Waals surface area contributed by atoms with Crippen LogP contribution in [0.5, 0.6) is 0 Å². The number of carbonyl (C=O) groups is 2. The van der Waals surface area contributed by atoms with Crippen molar-refractivity contribution < 1.29 is 19.3 Å². The molecule has 2 fully saturated rings. The number of nitro benzene ring substituents is 1. The number of imide groups is 1. The molecule has 3 aromatic rings. The summed E-state index contributed by atoms with van der Waals surface area (Å²) in [5.41, 5.74) is 1.53. The van der Waals surface area contributed by atoms with Crippen molar-refractivity contribution in [1.29, 1.82) is 0 Å². The van der Waals surface area contributed by atoms with E-state index in [1.165, 1.54) is 17.2 Å². The Balaban J connectivity index is 1.58. The lowest BCUT2D eigenvalue weighted by molar-refractivity contribution is -0.384. The van der Waals surface area contributed by atoms with Crippen LogP contribution in [0, 0.1) is 16.0 Å². The molecule has 32 heavy (non-hydrogen) atoms. The lowest BCUT2D eigenvalue weighted by Crippen LogP contribution is -2.37. The van der Waals surface area contributed by atoms with Gasteiger partial charge in [0.05, 0.1) is 22.3 Å². The fourth-order valence-electron chi connectivity index (χ4n) is 4.22. The van der Waals surface area contributed by atoms with E-state index in [2.05, 4.69) is 15.9 Å². The Hall–Kier alpha value is -3.56. The number of rotatable bonds is 4. The first kappa shape index (κ1) is 20.3. The van der Waals surface area contributed by atoms with E-state index < -0.39 is 28.9 Å². The number of nitrogens with zero attached hydrogens (tertiary/aromatic N) is 3. The van der Waals surface area contributed by atoms with Gasteiger partial charge in [-0.2, -0.15) is 0 Å². The number of hydroxylamine groups is 1. The maximum Gasteiger partial charge on any atom is 0.271 e. The summed E-state index contributed by atoms with van der Waals surface area (Å²) in [5, 5.41) is 12.7. The van der Waals surface area contributed by atoms with Crippen LogP contribution in [-0.4, -0.2) is 22.8 Å². The number of hydrogen-bond acceptors (Lipinski definition) is 6. The Kier molecular flexibility index (Phi) is 4.99. The molecule has 0 aromatic heterocycles. The number of halogens is 1. The predicted octanol–water partition coefficient (Wildman–Crippen LogP) is 4.41. The maximum absolute atomic E-state index is 13.5. The topological polar surface area (TPSA) is 93.0 Å². The van der Waals surface area contributed by atoms with Gasteiger partial charge in [0.15, 0.2) is 6.10 Å². The van der Waals surface area contributed by atoms with Crippen molar-refractivity contribution in [3.8, 4) is 0 Å². The van der Waals surface area contributed by atoms with Gasteiger partial charge in [-0.3, -0.25) is 24.5 Å². The van der Waals surface area contributed by atoms with E-state index in [-0.39, 0.29) is 11.6 Å². The summed E-state index contributed by atoms with van der Waals surface area (Å²) in [6.07, 6.45) is -1.03. The molecule has 3 atom stereocenters. The number of non-ortho nitro benzene ring substituents is 1. The van der Waals surface area contributed by atoms with Crippen LogP contribution in [0.25, 0.3) is 0 Å². The molecule has 2 aliphatic rings. The number of hydrogen-bond donors (Lipinski definition) is 0. The summed E-state index contributed by atoms with van der Waals surface area (Å²) >= 11 is 3.36. The molecule has 0 unspecified atom stereocenters. The predicted molar refractivity (Wildman–Crippen MR) is 120 cm³/mol. The van der Waals surface area contributed by atoms with Crippen LogP contribution < -0.4 is 9.96 Å². The van der Waals surface area contributed by atoms with Crippen LogP contribution in [0.3, 0.4) is 0 Å². The number of fused-ring (bicyclic) bond motifs is 1. The molecule has 5 rings (SSSR count). The van der Waals surface area contributed by atoms with Gasteiger partial charge in [-0.15, -0.1) is 0 Å². The summed E-state index contributed by atoms with van der Waals surface area (Å²) < 4.78 is 0.829. The molecule has 9 heteroatoms. The van der Waals surface area contributed by atoms with E-state index in [4.69, 9.17) is 4.84 Å². The van der Waals surface area contributed by atoms with Crippen molar-refractivity contribution in [1.82, 2.24) is 0 Å². The third-order valence-electron chi connectivity index (χ3n) is 5.64. The van der Waals surface area contributed by atoms with Crippen LogP contribution >= 0.6 is 15.9 Å². The highest BCUT2D eigenvalue weighted by Gasteiger charge is 2.60. The molecule has 0 spiro atoms. The average molecular weight is 494 g/mol. The lowest BCUT2D eigenvalue weighted by Gasteiger charge is -2.28. The van der Waals surface area contributed by atoms with Crippen molar-refractivity contribution in [2.45, 2.75) is 12.1 Å². The minimum atomic E-state index is -1.03. The zero-order chi connectivity index (χ0) is 22.4. The van der Waals surface area contributed by atoms with Gasteiger partial charge in [0.2, 0.25) is 5.91 Å². The van der Waals surface area contributed by atoms with Crippen molar-refractivity contribution in [3.63, 3.8) is 0 Å². The molecule has 2 heterocycles. The Morgan fingerprint density at radius 1 is 0.875 bits per heavy atom. The van der Waals surface area contributed by atoms with Crippen LogP contribution in [0.4, 0.5) is 17.1 Å². The summed E-state index contributed by atoms with van der Waals surface area (Å²) in [7, 11) is 0. The Morgan fingerprint density at radius 3 is 2.28 bits per heavy atom. The first-order valence-corrected chi connectivity index (χ1v) is 10.6. The van der Waals surface area contributed by atoms with E-state index >= 15 is 0 Å². The second kappa shape index (κ2) is 7.85. The minimum Gasteiger partial charge on any atom is -0.273 e. The molecule has 2 saturated heterocycles. The maximum atomic E-state index is 13.5. The van der Waals surface area contributed by atoms with Crippen molar-refractivity contribution in [2.24, 2.45) is 5.92 Å². The van der Waals surface area contributed by atoms with E-state index in [9.17, 15) is 19.7 Å². The monoisotopic (exact) mass is 493 g/mol. The largest absolute Gasteiger partial charge is 0.273 e. The number of nitro groups is 1. The SMILES string of the molecule is O=C1[C@@H]2[C@@H](ON(c3cccc([N+](=O)[O-])c3)[C@H]2c2ccccc2)C(=O)N1c1ccc(Br)cc1. The van der Waals surface area contributed by atoms with Gasteiger partial charge in [-0.05, 0) is 35.9 Å². The number of anilines is 2. The van der Waals surface area contributed by atoms with E-state index in [1.54, 1.807) is 36.4 Å². The molecule has 3 aromatic carbocycles. The van der Waals surface area contributed by atoms with E-state index in [0.29, 0.717) is 11.4 Å². The third-order valence-corrected chi connectivity index (χ3v) is 6.17. The zero-order valence-corrected chi connectivity index (χ0v) is 18.1. The minimum absolute atomic E-state index is 0.107. The Labute approximate surface area is 191 Å². The van der Waals surface area contributed by atoms with Crippen LogP contribution in [0.1, 0.15) is 11.6 Å². The molecular formula is C23H16BrN3O5. The number of carbonyl (C=O) groups excluding carboxylic acids is 2. The number of benzene rings is 3. The molecule has 0 bridgehead atoms. The summed E-state index contributed by atoms with van der Waals surface area (Å²) in [4.78, 5) is 44.7. The summed E-state index contributed by atoms with van der Waals surface area (Å²) in [6.45, 7) is 0.